The fourth-order valence-corrected chi connectivity index (χ4v) is 2.80. The number of hydrogen-bond donors (Lipinski definition) is 2. The highest BCUT2D eigenvalue weighted by Gasteiger charge is 2.22. The van der Waals surface area contributed by atoms with Crippen LogP contribution in [0.2, 0.25) is 0 Å². The fourth-order valence-electron chi connectivity index (χ4n) is 1.56. The smallest absolute Gasteiger partial charge is 0.259 e. The van der Waals surface area contributed by atoms with Crippen molar-refractivity contribution in [2.45, 2.75) is 31.5 Å². The third-order valence-electron chi connectivity index (χ3n) is 2.54. The Morgan fingerprint density at radius 3 is 2.72 bits per heavy atom. The number of hydrogen-bond acceptors (Lipinski definition) is 5. The molecule has 1 rings (SSSR count). The molecule has 1 unspecified atom stereocenters. The summed E-state index contributed by atoms with van der Waals surface area (Å²) < 4.78 is 33.3. The van der Waals surface area contributed by atoms with Gasteiger partial charge in [0.05, 0.1) is 12.6 Å². The molecule has 104 valence electrons. The highest BCUT2D eigenvalue weighted by molar-refractivity contribution is 7.89. The molecule has 0 bridgehead atoms. The van der Waals surface area contributed by atoms with Crippen LogP contribution < -0.4 is 10.5 Å². The molecule has 0 aliphatic heterocycles. The molecule has 8 heteroatoms. The van der Waals surface area contributed by atoms with Gasteiger partial charge in [0, 0.05) is 26.4 Å². The van der Waals surface area contributed by atoms with E-state index in [1.54, 1.807) is 11.5 Å². The first-order chi connectivity index (χ1) is 8.44. The van der Waals surface area contributed by atoms with Crippen LogP contribution >= 0.6 is 0 Å². The Bertz CT molecular complexity index is 483. The van der Waals surface area contributed by atoms with Crippen molar-refractivity contribution in [1.29, 1.82) is 0 Å². The van der Waals surface area contributed by atoms with E-state index in [-0.39, 0.29) is 18.2 Å². The third-order valence-corrected chi connectivity index (χ3v) is 3.94. The molecule has 0 amide bonds. The molecular formula is C10H20N4O3S. The van der Waals surface area contributed by atoms with Crippen LogP contribution in [-0.4, -0.2) is 44.3 Å². The van der Waals surface area contributed by atoms with Gasteiger partial charge in [0.25, 0.3) is 10.0 Å². The largest absolute Gasteiger partial charge is 0.383 e. The molecule has 0 saturated heterocycles. The van der Waals surface area contributed by atoms with Gasteiger partial charge in [-0.1, -0.05) is 0 Å². The van der Waals surface area contributed by atoms with Crippen LogP contribution in [0.5, 0.6) is 0 Å². The molecule has 0 aromatic carbocycles. The van der Waals surface area contributed by atoms with Gasteiger partial charge in [-0.3, -0.25) is 0 Å². The second-order valence-corrected chi connectivity index (χ2v) is 5.58. The van der Waals surface area contributed by atoms with Crippen LogP contribution in [0.25, 0.3) is 0 Å². The maximum Gasteiger partial charge on any atom is 0.259 e. The van der Waals surface area contributed by atoms with Gasteiger partial charge in [-0.15, -0.1) is 0 Å². The summed E-state index contributed by atoms with van der Waals surface area (Å²) >= 11 is 0. The number of aromatic nitrogens is 2. The zero-order chi connectivity index (χ0) is 13.8. The molecule has 1 atom stereocenters. The van der Waals surface area contributed by atoms with Gasteiger partial charge < -0.3 is 15.0 Å². The molecule has 1 aromatic rings. The summed E-state index contributed by atoms with van der Waals surface area (Å²) in [6.07, 6.45) is 1.51. The van der Waals surface area contributed by atoms with E-state index < -0.39 is 16.1 Å². The first kappa shape index (κ1) is 15.1. The van der Waals surface area contributed by atoms with Crippen molar-refractivity contribution in [1.82, 2.24) is 14.3 Å². The van der Waals surface area contributed by atoms with Gasteiger partial charge in [0.15, 0.2) is 5.03 Å². The van der Waals surface area contributed by atoms with Crippen molar-refractivity contribution in [3.05, 3.63) is 12.0 Å². The Hall–Kier alpha value is -0.960. The fraction of sp³-hybridized carbons (Fsp3) is 0.700. The number of nitrogens with two attached hydrogens (primary N) is 1. The van der Waals surface area contributed by atoms with E-state index in [9.17, 15) is 8.42 Å². The van der Waals surface area contributed by atoms with Crippen molar-refractivity contribution < 1.29 is 13.2 Å². The first-order valence-corrected chi connectivity index (χ1v) is 7.18. The Morgan fingerprint density at radius 1 is 1.61 bits per heavy atom. The quantitative estimate of drug-likeness (QED) is 0.697. The lowest BCUT2D eigenvalue weighted by atomic mass is 10.3. The average Bonchev–Trinajstić information content (AvgIpc) is 2.70. The van der Waals surface area contributed by atoms with Crippen LogP contribution in [0, 0.1) is 6.92 Å². The summed E-state index contributed by atoms with van der Waals surface area (Å²) in [5.74, 6) is 0.661. The molecule has 7 nitrogen and oxygen atoms in total. The third kappa shape index (κ3) is 3.52. The maximum atomic E-state index is 12.1. The number of imidazole rings is 1. The standard InChI is InChI=1S/C10H20N4O3S/c1-4-14-6-10(12-8(14)2)18(15,16)13-9(5-11)7-17-3/h6,9,13H,4-5,7,11H2,1-3H3. The van der Waals surface area contributed by atoms with Crippen LogP contribution in [0.15, 0.2) is 11.2 Å². The second-order valence-electron chi connectivity index (χ2n) is 3.92. The zero-order valence-corrected chi connectivity index (χ0v) is 11.7. The maximum absolute atomic E-state index is 12.1. The molecule has 1 aromatic heterocycles. The summed E-state index contributed by atoms with van der Waals surface area (Å²) in [6.45, 7) is 4.75. The lowest BCUT2D eigenvalue weighted by molar-refractivity contribution is 0.177. The summed E-state index contributed by atoms with van der Waals surface area (Å²) in [4.78, 5) is 4.03. The van der Waals surface area contributed by atoms with E-state index in [0.29, 0.717) is 12.4 Å². The Morgan fingerprint density at radius 2 is 2.28 bits per heavy atom. The number of aryl methyl sites for hydroxylation is 2. The van der Waals surface area contributed by atoms with Crippen LogP contribution in [0.1, 0.15) is 12.7 Å². The van der Waals surface area contributed by atoms with Crippen molar-refractivity contribution in [2.75, 3.05) is 20.3 Å². The summed E-state index contributed by atoms with van der Waals surface area (Å²) in [7, 11) is -2.15. The second kappa shape index (κ2) is 6.28. The highest BCUT2D eigenvalue weighted by Crippen LogP contribution is 2.09. The van der Waals surface area contributed by atoms with Crippen molar-refractivity contribution in [2.24, 2.45) is 5.73 Å². The highest BCUT2D eigenvalue weighted by atomic mass is 32.2. The van der Waals surface area contributed by atoms with E-state index in [0.717, 1.165) is 0 Å². The minimum absolute atomic E-state index is 0.0106. The molecule has 3 N–H and O–H groups in total. The SMILES string of the molecule is CCn1cc(S(=O)(=O)NC(CN)COC)nc1C. The van der Waals surface area contributed by atoms with Gasteiger partial charge in [-0.05, 0) is 13.8 Å². The van der Waals surface area contributed by atoms with Crippen LogP contribution in [0.3, 0.4) is 0 Å². The Balaban J connectivity index is 2.91. The predicted octanol–water partition coefficient (Wildman–Crippen LogP) is -0.537. The molecule has 0 saturated carbocycles. The number of nitrogens with zero attached hydrogens (tertiary/aromatic N) is 2. The topological polar surface area (TPSA) is 99.2 Å². The molecular weight excluding hydrogens is 256 g/mol. The van der Waals surface area contributed by atoms with E-state index in [4.69, 9.17) is 10.5 Å². The normalized spacial score (nSPS) is 13.8. The van der Waals surface area contributed by atoms with Crippen molar-refractivity contribution >= 4 is 10.0 Å². The molecule has 0 spiro atoms. The van der Waals surface area contributed by atoms with E-state index >= 15 is 0 Å². The van der Waals surface area contributed by atoms with E-state index in [2.05, 4.69) is 9.71 Å². The van der Waals surface area contributed by atoms with Gasteiger partial charge in [-0.25, -0.2) is 18.1 Å². The number of rotatable bonds is 7. The predicted molar refractivity (Wildman–Crippen MR) is 67.7 cm³/mol. The molecule has 0 aliphatic rings. The summed E-state index contributed by atoms with van der Waals surface area (Å²) in [5, 5.41) is 0.0106. The minimum Gasteiger partial charge on any atom is -0.383 e. The van der Waals surface area contributed by atoms with E-state index in [1.165, 1.54) is 13.3 Å². The Kier molecular flexibility index (Phi) is 5.27. The Labute approximate surface area is 107 Å². The van der Waals surface area contributed by atoms with Crippen molar-refractivity contribution in [3.63, 3.8) is 0 Å². The number of ether oxygens (including phenoxy) is 1. The van der Waals surface area contributed by atoms with Gasteiger partial charge in [0.1, 0.15) is 5.82 Å². The zero-order valence-electron chi connectivity index (χ0n) is 10.9. The summed E-state index contributed by atoms with van der Waals surface area (Å²) in [6, 6.07) is -0.452. The molecule has 0 aliphatic carbocycles. The average molecular weight is 276 g/mol. The van der Waals surface area contributed by atoms with Gasteiger partial charge in [0.2, 0.25) is 0 Å². The van der Waals surface area contributed by atoms with Gasteiger partial charge in [-0.2, -0.15) is 0 Å². The number of sulfonamides is 1. The lowest BCUT2D eigenvalue weighted by Crippen LogP contribution is -2.43. The number of methoxy groups -OCH3 is 1. The minimum atomic E-state index is -3.65. The first-order valence-electron chi connectivity index (χ1n) is 5.69. The molecule has 1 heterocycles. The van der Waals surface area contributed by atoms with Crippen LogP contribution in [-0.2, 0) is 21.3 Å². The monoisotopic (exact) mass is 276 g/mol. The van der Waals surface area contributed by atoms with E-state index in [1.807, 2.05) is 6.92 Å². The number of nitrogens with one attached hydrogen (secondary N) is 1. The lowest BCUT2D eigenvalue weighted by Gasteiger charge is -2.14. The molecule has 0 fully saturated rings. The summed E-state index contributed by atoms with van der Waals surface area (Å²) in [5.41, 5.74) is 5.47. The van der Waals surface area contributed by atoms with Gasteiger partial charge >= 0.3 is 0 Å². The molecule has 0 radical (unpaired) electrons. The molecule has 18 heavy (non-hydrogen) atoms. The van der Waals surface area contributed by atoms with Crippen molar-refractivity contribution in [3.8, 4) is 0 Å². The van der Waals surface area contributed by atoms with Crippen LogP contribution in [0.4, 0.5) is 0 Å².